The van der Waals surface area contributed by atoms with Gasteiger partial charge in [-0.05, 0) is 56.2 Å². The Morgan fingerprint density at radius 2 is 2.11 bits per heavy atom. The minimum absolute atomic E-state index is 0.0930. The van der Waals surface area contributed by atoms with Gasteiger partial charge in [-0.25, -0.2) is 4.79 Å². The lowest BCUT2D eigenvalue weighted by molar-refractivity contribution is -0.149. The number of nitriles is 1. The number of ether oxygens (including phenoxy) is 1. The van der Waals surface area contributed by atoms with Crippen LogP contribution in [-0.4, -0.2) is 41.0 Å². The largest absolute Gasteiger partial charge is 0.451 e. The predicted molar refractivity (Wildman–Crippen MR) is 108 cm³/mol. The van der Waals surface area contributed by atoms with Crippen LogP contribution in [0.15, 0.2) is 11.6 Å². The average molecular weight is 386 g/mol. The van der Waals surface area contributed by atoms with Crippen LogP contribution in [0.2, 0.25) is 0 Å². The van der Waals surface area contributed by atoms with Crippen LogP contribution in [0.5, 0.6) is 0 Å². The molecular formula is C22H31N3O3. The molecule has 28 heavy (non-hydrogen) atoms. The highest BCUT2D eigenvalue weighted by Crippen LogP contribution is 2.20. The Morgan fingerprint density at radius 3 is 2.71 bits per heavy atom. The van der Waals surface area contributed by atoms with Crippen LogP contribution < -0.4 is 0 Å². The summed E-state index contributed by atoms with van der Waals surface area (Å²) < 4.78 is 7.31. The molecule has 0 saturated carbocycles. The third-order valence-corrected chi connectivity index (χ3v) is 5.14. The normalized spacial score (nSPS) is 17.5. The number of esters is 1. The summed E-state index contributed by atoms with van der Waals surface area (Å²) in [6, 6.07) is 3.87. The van der Waals surface area contributed by atoms with Gasteiger partial charge in [0.05, 0.1) is 0 Å². The molecule has 0 spiro atoms. The topological polar surface area (TPSA) is 75.3 Å². The third kappa shape index (κ3) is 5.48. The van der Waals surface area contributed by atoms with Gasteiger partial charge >= 0.3 is 5.97 Å². The summed E-state index contributed by atoms with van der Waals surface area (Å²) in [5.41, 5.74) is 2.81. The number of carbonyl (C=O) groups excluding carboxylic acids is 2. The van der Waals surface area contributed by atoms with Crippen molar-refractivity contribution in [1.82, 2.24) is 9.47 Å². The lowest BCUT2D eigenvalue weighted by Gasteiger charge is -2.30. The van der Waals surface area contributed by atoms with Gasteiger partial charge < -0.3 is 14.2 Å². The number of amides is 1. The summed E-state index contributed by atoms with van der Waals surface area (Å²) in [4.78, 5) is 26.3. The number of piperidine rings is 1. The molecule has 1 aliphatic rings. The van der Waals surface area contributed by atoms with Crippen molar-refractivity contribution in [1.29, 1.82) is 5.26 Å². The van der Waals surface area contributed by atoms with E-state index in [0.29, 0.717) is 24.9 Å². The first-order valence-electron chi connectivity index (χ1n) is 9.96. The number of likely N-dealkylation sites (tertiary alicyclic amines) is 1. The minimum atomic E-state index is -0.755. The Kier molecular flexibility index (Phi) is 7.45. The summed E-state index contributed by atoms with van der Waals surface area (Å²) in [6.07, 6.45) is 3.63. The van der Waals surface area contributed by atoms with Crippen molar-refractivity contribution in [2.24, 2.45) is 11.8 Å². The Labute approximate surface area is 167 Å². The van der Waals surface area contributed by atoms with Crippen molar-refractivity contribution in [3.05, 3.63) is 28.6 Å². The zero-order valence-electron chi connectivity index (χ0n) is 17.6. The molecule has 1 amide bonds. The van der Waals surface area contributed by atoms with E-state index < -0.39 is 5.97 Å². The summed E-state index contributed by atoms with van der Waals surface area (Å²) in [5.74, 6) is -0.00326. The molecule has 2 rings (SSSR count). The summed E-state index contributed by atoms with van der Waals surface area (Å²) in [6.45, 7) is 12.3. The molecule has 1 aromatic heterocycles. The second kappa shape index (κ2) is 9.59. The first-order chi connectivity index (χ1) is 13.2. The van der Waals surface area contributed by atoms with E-state index in [1.165, 1.54) is 0 Å². The molecule has 0 N–H and O–H groups in total. The zero-order valence-corrected chi connectivity index (χ0v) is 17.6. The van der Waals surface area contributed by atoms with Crippen molar-refractivity contribution in [2.75, 3.05) is 19.7 Å². The van der Waals surface area contributed by atoms with E-state index in [-0.39, 0.29) is 18.1 Å². The van der Waals surface area contributed by atoms with Gasteiger partial charge in [-0.2, -0.15) is 5.26 Å². The van der Waals surface area contributed by atoms with Crippen LogP contribution in [-0.2, 0) is 20.9 Å². The summed E-state index contributed by atoms with van der Waals surface area (Å²) >= 11 is 0. The van der Waals surface area contributed by atoms with Gasteiger partial charge in [0.1, 0.15) is 11.6 Å². The van der Waals surface area contributed by atoms with Gasteiger partial charge in [-0.1, -0.05) is 20.8 Å². The molecule has 1 saturated heterocycles. The van der Waals surface area contributed by atoms with E-state index in [0.717, 1.165) is 36.3 Å². The van der Waals surface area contributed by atoms with Gasteiger partial charge in [-0.3, -0.25) is 4.79 Å². The number of aromatic nitrogens is 1. The molecule has 0 radical (unpaired) electrons. The minimum Gasteiger partial charge on any atom is -0.451 e. The van der Waals surface area contributed by atoms with Crippen molar-refractivity contribution >= 4 is 18.0 Å². The van der Waals surface area contributed by atoms with Gasteiger partial charge in [0.2, 0.25) is 0 Å². The van der Waals surface area contributed by atoms with Gasteiger partial charge in [0.25, 0.3) is 5.91 Å². The third-order valence-electron chi connectivity index (χ3n) is 5.14. The van der Waals surface area contributed by atoms with Gasteiger partial charge in [0, 0.05) is 31.0 Å². The van der Waals surface area contributed by atoms with E-state index in [2.05, 4.69) is 25.3 Å². The number of hydrogen-bond acceptors (Lipinski definition) is 4. The van der Waals surface area contributed by atoms with Crippen LogP contribution >= 0.6 is 0 Å². The van der Waals surface area contributed by atoms with Crippen LogP contribution in [0, 0.1) is 37.0 Å². The standard InChI is InChI=1S/C22H31N3O3/c1-15(2)12-25-17(4)9-19(18(25)5)10-20(11-23)22(27)28-14-21(26)24-8-6-7-16(3)13-24/h9-10,15-16H,6-8,12-14H2,1-5H3/b20-10+/t16-/m0/s1. The average Bonchev–Trinajstić information content (AvgIpc) is 2.90. The fourth-order valence-electron chi connectivity index (χ4n) is 3.62. The van der Waals surface area contributed by atoms with Crippen molar-refractivity contribution in [3.63, 3.8) is 0 Å². The van der Waals surface area contributed by atoms with Crippen molar-refractivity contribution in [2.45, 2.75) is 54.0 Å². The maximum atomic E-state index is 12.3. The SMILES string of the molecule is Cc1cc(/C=C(\C#N)C(=O)OCC(=O)N2CCC[C@H](C)C2)c(C)n1CC(C)C. The Balaban J connectivity index is 2.05. The first-order valence-corrected chi connectivity index (χ1v) is 9.96. The van der Waals surface area contributed by atoms with Crippen LogP contribution in [0.25, 0.3) is 6.08 Å². The number of hydrogen-bond donors (Lipinski definition) is 0. The highest BCUT2D eigenvalue weighted by atomic mass is 16.5. The zero-order chi connectivity index (χ0) is 20.8. The maximum Gasteiger partial charge on any atom is 0.349 e. The number of aryl methyl sites for hydroxylation is 1. The fourth-order valence-corrected chi connectivity index (χ4v) is 3.62. The summed E-state index contributed by atoms with van der Waals surface area (Å²) in [7, 11) is 0. The molecule has 0 aromatic carbocycles. The smallest absolute Gasteiger partial charge is 0.349 e. The molecule has 0 aliphatic carbocycles. The molecule has 152 valence electrons. The van der Waals surface area contributed by atoms with Crippen molar-refractivity contribution < 1.29 is 14.3 Å². The van der Waals surface area contributed by atoms with Crippen LogP contribution in [0.3, 0.4) is 0 Å². The molecule has 1 aliphatic heterocycles. The number of rotatable bonds is 6. The molecular weight excluding hydrogens is 354 g/mol. The molecule has 0 unspecified atom stereocenters. The molecule has 1 aromatic rings. The molecule has 1 atom stereocenters. The summed E-state index contributed by atoms with van der Waals surface area (Å²) in [5, 5.41) is 9.40. The Morgan fingerprint density at radius 1 is 1.39 bits per heavy atom. The molecule has 1 fully saturated rings. The monoisotopic (exact) mass is 385 g/mol. The lowest BCUT2D eigenvalue weighted by Crippen LogP contribution is -2.41. The quantitative estimate of drug-likeness (QED) is 0.427. The second-order valence-corrected chi connectivity index (χ2v) is 8.16. The van der Waals surface area contributed by atoms with Gasteiger partial charge in [0.15, 0.2) is 6.61 Å². The maximum absolute atomic E-state index is 12.3. The number of carbonyl (C=O) groups is 2. The first kappa shape index (κ1) is 21.7. The van der Waals surface area contributed by atoms with Crippen LogP contribution in [0.1, 0.15) is 50.6 Å². The highest BCUT2D eigenvalue weighted by molar-refractivity contribution is 5.99. The van der Waals surface area contributed by atoms with E-state index >= 15 is 0 Å². The molecule has 0 bridgehead atoms. The highest BCUT2D eigenvalue weighted by Gasteiger charge is 2.22. The van der Waals surface area contributed by atoms with Crippen molar-refractivity contribution in [3.8, 4) is 6.07 Å². The molecule has 6 heteroatoms. The fraction of sp³-hybridized carbons (Fsp3) is 0.591. The van der Waals surface area contributed by atoms with E-state index in [9.17, 15) is 14.9 Å². The lowest BCUT2D eigenvalue weighted by atomic mass is 10.0. The Bertz CT molecular complexity index is 799. The van der Waals surface area contributed by atoms with E-state index in [4.69, 9.17) is 4.74 Å². The second-order valence-electron chi connectivity index (χ2n) is 8.16. The molecule has 2 heterocycles. The Hall–Kier alpha value is -2.55. The van der Waals surface area contributed by atoms with E-state index in [1.807, 2.05) is 26.0 Å². The predicted octanol–water partition coefficient (Wildman–Crippen LogP) is 3.47. The van der Waals surface area contributed by atoms with Gasteiger partial charge in [-0.15, -0.1) is 0 Å². The number of nitrogens with zero attached hydrogens (tertiary/aromatic N) is 3. The van der Waals surface area contributed by atoms with Crippen LogP contribution in [0.4, 0.5) is 0 Å². The van der Waals surface area contributed by atoms with E-state index in [1.54, 1.807) is 11.0 Å². The molecule has 6 nitrogen and oxygen atoms in total.